The lowest BCUT2D eigenvalue weighted by Crippen LogP contribution is -2.12. The van der Waals surface area contributed by atoms with Gasteiger partial charge in [-0.2, -0.15) is 5.10 Å². The van der Waals surface area contributed by atoms with E-state index in [2.05, 4.69) is 43.9 Å². The van der Waals surface area contributed by atoms with E-state index in [1.54, 1.807) is 18.5 Å². The van der Waals surface area contributed by atoms with Crippen molar-refractivity contribution < 1.29 is 4.79 Å². The van der Waals surface area contributed by atoms with Gasteiger partial charge < -0.3 is 9.88 Å². The largest absolute Gasteiger partial charge is 0.331 e. The standard InChI is InChI=1S/C20H20N6O/c1-12(2)19-23-16-9-14(6-7-18(16)26(19)3)22-20(27)17-10-15(24-25-17)13-5-4-8-21-11-13/h4-12H,1-3H3,(H,22,27)(H,24,25). The lowest BCUT2D eigenvalue weighted by molar-refractivity contribution is 0.102. The third-order valence-electron chi connectivity index (χ3n) is 4.47. The van der Waals surface area contributed by atoms with Crippen LogP contribution in [0.2, 0.25) is 0 Å². The second-order valence-corrected chi connectivity index (χ2v) is 6.75. The maximum absolute atomic E-state index is 12.6. The summed E-state index contributed by atoms with van der Waals surface area (Å²) in [5, 5.41) is 9.87. The van der Waals surface area contributed by atoms with Crippen molar-refractivity contribution in [2.45, 2.75) is 19.8 Å². The molecule has 0 aliphatic heterocycles. The van der Waals surface area contributed by atoms with Crippen LogP contribution in [0, 0.1) is 0 Å². The van der Waals surface area contributed by atoms with Gasteiger partial charge in [0.1, 0.15) is 11.5 Å². The van der Waals surface area contributed by atoms with Gasteiger partial charge in [0.2, 0.25) is 0 Å². The molecule has 7 heteroatoms. The third-order valence-corrected chi connectivity index (χ3v) is 4.47. The van der Waals surface area contributed by atoms with Crippen LogP contribution in [0.3, 0.4) is 0 Å². The Morgan fingerprint density at radius 3 is 2.81 bits per heavy atom. The highest BCUT2D eigenvalue weighted by Crippen LogP contribution is 2.24. The monoisotopic (exact) mass is 360 g/mol. The number of amides is 1. The van der Waals surface area contributed by atoms with Gasteiger partial charge in [-0.3, -0.25) is 14.9 Å². The molecule has 3 aromatic heterocycles. The number of aromatic amines is 1. The Balaban J connectivity index is 1.57. The summed E-state index contributed by atoms with van der Waals surface area (Å²) in [6, 6.07) is 11.2. The van der Waals surface area contributed by atoms with Gasteiger partial charge in [-0.25, -0.2) is 4.98 Å². The molecule has 4 rings (SSSR count). The topological polar surface area (TPSA) is 88.5 Å². The first-order chi connectivity index (χ1) is 13.0. The third kappa shape index (κ3) is 3.19. The van der Waals surface area contributed by atoms with Crippen molar-refractivity contribution in [1.82, 2.24) is 24.7 Å². The first-order valence-corrected chi connectivity index (χ1v) is 8.76. The minimum absolute atomic E-state index is 0.253. The number of H-pyrrole nitrogens is 1. The lowest BCUT2D eigenvalue weighted by Gasteiger charge is -2.05. The van der Waals surface area contributed by atoms with Gasteiger partial charge in [0.05, 0.1) is 16.7 Å². The van der Waals surface area contributed by atoms with Crippen molar-refractivity contribution in [1.29, 1.82) is 0 Å². The van der Waals surface area contributed by atoms with Gasteiger partial charge in [-0.1, -0.05) is 13.8 Å². The molecule has 0 fully saturated rings. The first kappa shape index (κ1) is 17.0. The predicted octanol–water partition coefficient (Wildman–Crippen LogP) is 3.73. The number of hydrogen-bond donors (Lipinski definition) is 2. The van der Waals surface area contributed by atoms with Gasteiger partial charge in [-0.15, -0.1) is 0 Å². The number of aromatic nitrogens is 5. The predicted molar refractivity (Wildman–Crippen MR) is 105 cm³/mol. The van der Waals surface area contributed by atoms with E-state index in [0.29, 0.717) is 23.0 Å². The average molecular weight is 360 g/mol. The van der Waals surface area contributed by atoms with E-state index in [9.17, 15) is 4.79 Å². The van der Waals surface area contributed by atoms with E-state index in [0.717, 1.165) is 22.4 Å². The van der Waals surface area contributed by atoms with Gasteiger partial charge in [0.25, 0.3) is 5.91 Å². The number of rotatable bonds is 4. The van der Waals surface area contributed by atoms with Crippen LogP contribution >= 0.6 is 0 Å². The molecule has 0 saturated heterocycles. The molecule has 0 saturated carbocycles. The number of fused-ring (bicyclic) bond motifs is 1. The Hall–Kier alpha value is -3.48. The minimum Gasteiger partial charge on any atom is -0.331 e. The quantitative estimate of drug-likeness (QED) is 0.580. The summed E-state index contributed by atoms with van der Waals surface area (Å²) in [5.41, 5.74) is 4.51. The van der Waals surface area contributed by atoms with E-state index >= 15 is 0 Å². The van der Waals surface area contributed by atoms with Gasteiger partial charge in [0.15, 0.2) is 0 Å². The number of carbonyl (C=O) groups is 1. The molecule has 3 heterocycles. The van der Waals surface area contributed by atoms with Crippen LogP contribution in [0.5, 0.6) is 0 Å². The second-order valence-electron chi connectivity index (χ2n) is 6.75. The summed E-state index contributed by atoms with van der Waals surface area (Å²) in [4.78, 5) is 21.3. The summed E-state index contributed by atoms with van der Waals surface area (Å²) >= 11 is 0. The Labute approximate surface area is 156 Å². The summed E-state index contributed by atoms with van der Waals surface area (Å²) in [6.07, 6.45) is 3.40. The van der Waals surface area contributed by atoms with E-state index in [4.69, 9.17) is 0 Å². The maximum Gasteiger partial charge on any atom is 0.273 e. The zero-order valence-electron chi connectivity index (χ0n) is 15.4. The van der Waals surface area contributed by atoms with Crippen LogP contribution in [0.1, 0.15) is 36.1 Å². The summed E-state index contributed by atoms with van der Waals surface area (Å²) in [7, 11) is 2.01. The number of aryl methyl sites for hydroxylation is 1. The highest BCUT2D eigenvalue weighted by molar-refractivity contribution is 6.04. The molecule has 0 atom stereocenters. The van der Waals surface area contributed by atoms with Gasteiger partial charge in [-0.05, 0) is 36.4 Å². The van der Waals surface area contributed by atoms with Crippen LogP contribution in [0.4, 0.5) is 5.69 Å². The Morgan fingerprint density at radius 2 is 2.07 bits per heavy atom. The Bertz CT molecular complexity index is 1110. The molecule has 0 spiro atoms. The highest BCUT2D eigenvalue weighted by atomic mass is 16.1. The van der Waals surface area contributed by atoms with Crippen LogP contribution in [0.15, 0.2) is 48.8 Å². The van der Waals surface area contributed by atoms with Crippen LogP contribution in [-0.2, 0) is 7.05 Å². The summed E-state index contributed by atoms with van der Waals surface area (Å²) in [5.74, 6) is 1.09. The lowest BCUT2D eigenvalue weighted by atomic mass is 10.2. The number of carbonyl (C=O) groups excluding carboxylic acids is 1. The van der Waals surface area contributed by atoms with Gasteiger partial charge >= 0.3 is 0 Å². The molecular weight excluding hydrogens is 340 g/mol. The fraction of sp³-hybridized carbons (Fsp3) is 0.200. The number of nitrogens with zero attached hydrogens (tertiary/aromatic N) is 4. The molecule has 1 amide bonds. The molecule has 0 aliphatic rings. The van der Waals surface area contributed by atoms with Crippen molar-refractivity contribution in [3.05, 3.63) is 60.3 Å². The van der Waals surface area contributed by atoms with Crippen LogP contribution < -0.4 is 5.32 Å². The fourth-order valence-corrected chi connectivity index (χ4v) is 3.11. The normalized spacial score (nSPS) is 11.3. The molecule has 0 bridgehead atoms. The molecular formula is C20H20N6O. The number of imidazole rings is 1. The highest BCUT2D eigenvalue weighted by Gasteiger charge is 2.14. The minimum atomic E-state index is -0.253. The zero-order valence-corrected chi connectivity index (χ0v) is 15.4. The number of hydrogen-bond acceptors (Lipinski definition) is 4. The van der Waals surface area contributed by atoms with Crippen molar-refractivity contribution in [2.75, 3.05) is 5.32 Å². The average Bonchev–Trinajstić information content (AvgIpc) is 3.28. The van der Waals surface area contributed by atoms with Gasteiger partial charge in [0, 0.05) is 36.6 Å². The molecule has 4 aromatic rings. The van der Waals surface area contributed by atoms with Crippen molar-refractivity contribution in [3.8, 4) is 11.3 Å². The SMILES string of the molecule is CC(C)c1nc2cc(NC(=O)c3cc(-c4cccnc4)n[nH]3)ccc2n1C. The maximum atomic E-state index is 12.6. The second kappa shape index (κ2) is 6.68. The zero-order chi connectivity index (χ0) is 19.0. The number of benzene rings is 1. The molecule has 0 radical (unpaired) electrons. The summed E-state index contributed by atoms with van der Waals surface area (Å²) in [6.45, 7) is 4.23. The molecule has 0 aliphatic carbocycles. The Kier molecular flexibility index (Phi) is 4.19. The van der Waals surface area contributed by atoms with Crippen molar-refractivity contribution in [2.24, 2.45) is 7.05 Å². The molecule has 27 heavy (non-hydrogen) atoms. The van der Waals surface area contributed by atoms with E-state index in [-0.39, 0.29) is 5.91 Å². The number of pyridine rings is 1. The summed E-state index contributed by atoms with van der Waals surface area (Å²) < 4.78 is 2.08. The molecule has 2 N–H and O–H groups in total. The molecule has 136 valence electrons. The van der Waals surface area contributed by atoms with Crippen molar-refractivity contribution in [3.63, 3.8) is 0 Å². The van der Waals surface area contributed by atoms with E-state index < -0.39 is 0 Å². The van der Waals surface area contributed by atoms with Crippen LogP contribution in [-0.4, -0.2) is 30.6 Å². The smallest absolute Gasteiger partial charge is 0.273 e. The number of anilines is 1. The van der Waals surface area contributed by atoms with Crippen molar-refractivity contribution >= 4 is 22.6 Å². The molecule has 1 aromatic carbocycles. The molecule has 7 nitrogen and oxygen atoms in total. The van der Waals surface area contributed by atoms with E-state index in [1.807, 2.05) is 37.4 Å². The van der Waals surface area contributed by atoms with E-state index in [1.165, 1.54) is 0 Å². The fourth-order valence-electron chi connectivity index (χ4n) is 3.11. The Morgan fingerprint density at radius 1 is 1.22 bits per heavy atom. The molecule has 0 unspecified atom stereocenters. The van der Waals surface area contributed by atoms with Crippen LogP contribution in [0.25, 0.3) is 22.3 Å². The number of nitrogens with one attached hydrogen (secondary N) is 2. The first-order valence-electron chi connectivity index (χ1n) is 8.76.